The minimum absolute atomic E-state index is 0.0484. The van der Waals surface area contributed by atoms with Gasteiger partial charge < -0.3 is 9.42 Å². The van der Waals surface area contributed by atoms with Crippen LogP contribution in [0.1, 0.15) is 17.9 Å². The molecule has 0 spiro atoms. The SMILES string of the molecule is O=C(CCc1nc(-c2cccs2)no1)N1CCN(S(=O)(=O)C=Cc2ccccc2)CC1. The molecule has 3 aromatic rings. The van der Waals surface area contributed by atoms with Crippen LogP contribution in [0.15, 0.2) is 57.8 Å². The Hall–Kier alpha value is -2.82. The van der Waals surface area contributed by atoms with Gasteiger partial charge in [-0.25, -0.2) is 8.42 Å². The summed E-state index contributed by atoms with van der Waals surface area (Å²) in [5, 5.41) is 7.10. The van der Waals surface area contributed by atoms with E-state index in [9.17, 15) is 13.2 Å². The average molecular weight is 459 g/mol. The summed E-state index contributed by atoms with van der Waals surface area (Å²) in [5.74, 6) is 0.900. The predicted molar refractivity (Wildman–Crippen MR) is 118 cm³/mol. The van der Waals surface area contributed by atoms with Crippen LogP contribution in [-0.2, 0) is 21.2 Å². The van der Waals surface area contributed by atoms with Crippen LogP contribution in [0.4, 0.5) is 0 Å². The lowest BCUT2D eigenvalue weighted by atomic mass is 10.2. The number of hydrogen-bond acceptors (Lipinski definition) is 7. The first-order valence-corrected chi connectivity index (χ1v) is 12.3. The largest absolute Gasteiger partial charge is 0.340 e. The van der Waals surface area contributed by atoms with Gasteiger partial charge in [0, 0.05) is 44.4 Å². The molecule has 0 unspecified atom stereocenters. The Morgan fingerprint density at radius 2 is 1.87 bits per heavy atom. The van der Waals surface area contributed by atoms with E-state index in [4.69, 9.17) is 4.52 Å². The molecular formula is C21H22N4O4S2. The highest BCUT2D eigenvalue weighted by atomic mass is 32.2. The van der Waals surface area contributed by atoms with Gasteiger partial charge in [-0.2, -0.15) is 9.29 Å². The number of hydrogen-bond donors (Lipinski definition) is 0. The molecule has 0 N–H and O–H groups in total. The first-order valence-electron chi connectivity index (χ1n) is 9.89. The Bertz CT molecular complexity index is 1130. The lowest BCUT2D eigenvalue weighted by molar-refractivity contribution is -0.132. The molecule has 3 heterocycles. The Balaban J connectivity index is 1.26. The fourth-order valence-corrected chi connectivity index (χ4v) is 5.06. The molecule has 1 aliphatic heterocycles. The van der Waals surface area contributed by atoms with Crippen molar-refractivity contribution in [2.45, 2.75) is 12.8 Å². The number of rotatable bonds is 7. The topological polar surface area (TPSA) is 96.6 Å². The van der Waals surface area contributed by atoms with Crippen molar-refractivity contribution in [1.29, 1.82) is 0 Å². The van der Waals surface area contributed by atoms with E-state index in [2.05, 4.69) is 10.1 Å². The van der Waals surface area contributed by atoms with E-state index in [-0.39, 0.29) is 25.4 Å². The van der Waals surface area contributed by atoms with Gasteiger partial charge in [0.25, 0.3) is 0 Å². The first kappa shape index (κ1) is 21.4. The summed E-state index contributed by atoms with van der Waals surface area (Å²) < 4.78 is 31.7. The van der Waals surface area contributed by atoms with Crippen LogP contribution in [0, 0.1) is 0 Å². The minimum atomic E-state index is -3.52. The van der Waals surface area contributed by atoms with Gasteiger partial charge in [-0.15, -0.1) is 11.3 Å². The zero-order valence-corrected chi connectivity index (χ0v) is 18.4. The molecule has 0 aliphatic carbocycles. The summed E-state index contributed by atoms with van der Waals surface area (Å²) in [6.07, 6.45) is 2.18. The standard InChI is InChI=1S/C21H22N4O4S2/c26-20(9-8-19-22-21(23-29-19)18-7-4-15-30-18)24-11-13-25(14-12-24)31(27,28)16-10-17-5-2-1-3-6-17/h1-7,10,15-16H,8-9,11-14H2. The Morgan fingerprint density at radius 3 is 2.58 bits per heavy atom. The van der Waals surface area contributed by atoms with Gasteiger partial charge in [0.2, 0.25) is 27.6 Å². The van der Waals surface area contributed by atoms with Crippen molar-refractivity contribution in [2.24, 2.45) is 0 Å². The maximum atomic E-state index is 12.6. The van der Waals surface area contributed by atoms with Crippen LogP contribution in [-0.4, -0.2) is 59.8 Å². The number of benzene rings is 1. The molecule has 162 valence electrons. The lowest BCUT2D eigenvalue weighted by Gasteiger charge is -2.33. The number of piperazine rings is 1. The fraction of sp³-hybridized carbons (Fsp3) is 0.286. The van der Waals surface area contributed by atoms with E-state index >= 15 is 0 Å². The van der Waals surface area contributed by atoms with Gasteiger partial charge in [0.05, 0.1) is 4.88 Å². The van der Waals surface area contributed by atoms with Crippen LogP contribution < -0.4 is 0 Å². The van der Waals surface area contributed by atoms with Crippen LogP contribution in [0.25, 0.3) is 16.8 Å². The summed E-state index contributed by atoms with van der Waals surface area (Å²) >= 11 is 1.52. The van der Waals surface area contributed by atoms with E-state index in [0.29, 0.717) is 31.2 Å². The molecule has 1 saturated heterocycles. The van der Waals surface area contributed by atoms with Crippen molar-refractivity contribution in [3.05, 3.63) is 64.7 Å². The van der Waals surface area contributed by atoms with Gasteiger partial charge in [-0.1, -0.05) is 41.6 Å². The molecule has 2 aromatic heterocycles. The van der Waals surface area contributed by atoms with Gasteiger partial charge in [0.1, 0.15) is 0 Å². The zero-order chi connectivity index (χ0) is 21.7. The van der Waals surface area contributed by atoms with Gasteiger partial charge in [-0.05, 0) is 23.1 Å². The fourth-order valence-electron chi connectivity index (χ4n) is 3.24. The van der Waals surface area contributed by atoms with Crippen LogP contribution in [0.3, 0.4) is 0 Å². The number of aromatic nitrogens is 2. The van der Waals surface area contributed by atoms with Crippen LogP contribution in [0.5, 0.6) is 0 Å². The third-order valence-electron chi connectivity index (χ3n) is 4.95. The molecule has 8 nitrogen and oxygen atoms in total. The molecule has 1 fully saturated rings. The molecule has 0 bridgehead atoms. The third kappa shape index (κ3) is 5.46. The highest BCUT2D eigenvalue weighted by Gasteiger charge is 2.27. The van der Waals surface area contributed by atoms with Crippen molar-refractivity contribution in [3.8, 4) is 10.7 Å². The van der Waals surface area contributed by atoms with Crippen molar-refractivity contribution in [2.75, 3.05) is 26.2 Å². The molecular weight excluding hydrogens is 436 g/mol. The Kier molecular flexibility index (Phi) is 6.59. The number of thiophene rings is 1. The highest BCUT2D eigenvalue weighted by molar-refractivity contribution is 7.92. The second-order valence-electron chi connectivity index (χ2n) is 7.03. The van der Waals surface area contributed by atoms with Gasteiger partial charge in [0.15, 0.2) is 0 Å². The monoisotopic (exact) mass is 458 g/mol. The molecule has 10 heteroatoms. The van der Waals surface area contributed by atoms with E-state index in [0.717, 1.165) is 10.4 Å². The zero-order valence-electron chi connectivity index (χ0n) is 16.8. The summed E-state index contributed by atoms with van der Waals surface area (Å²) in [6, 6.07) is 13.1. The quantitative estimate of drug-likeness (QED) is 0.540. The van der Waals surface area contributed by atoms with Crippen molar-refractivity contribution < 1.29 is 17.7 Å². The first-order chi connectivity index (χ1) is 15.0. The molecule has 0 saturated carbocycles. The maximum absolute atomic E-state index is 12.6. The summed E-state index contributed by atoms with van der Waals surface area (Å²) in [7, 11) is -3.52. The molecule has 1 aliphatic rings. The van der Waals surface area contributed by atoms with Crippen LogP contribution in [0.2, 0.25) is 0 Å². The smallest absolute Gasteiger partial charge is 0.236 e. The molecule has 31 heavy (non-hydrogen) atoms. The Labute approximate surface area is 184 Å². The number of amides is 1. The number of nitrogens with zero attached hydrogens (tertiary/aromatic N) is 4. The van der Waals surface area contributed by atoms with Crippen molar-refractivity contribution in [3.63, 3.8) is 0 Å². The number of sulfonamides is 1. The molecule has 1 amide bonds. The molecule has 1 aromatic carbocycles. The number of carbonyl (C=O) groups is 1. The number of carbonyl (C=O) groups excluding carboxylic acids is 1. The second kappa shape index (κ2) is 9.54. The third-order valence-corrected chi connectivity index (χ3v) is 7.38. The number of aryl methyl sites for hydroxylation is 1. The van der Waals surface area contributed by atoms with E-state index < -0.39 is 10.0 Å². The van der Waals surface area contributed by atoms with E-state index in [1.165, 1.54) is 21.1 Å². The highest BCUT2D eigenvalue weighted by Crippen LogP contribution is 2.21. The van der Waals surface area contributed by atoms with Crippen LogP contribution >= 0.6 is 11.3 Å². The summed E-state index contributed by atoms with van der Waals surface area (Å²) in [4.78, 5) is 19.5. The van der Waals surface area contributed by atoms with Crippen molar-refractivity contribution in [1.82, 2.24) is 19.3 Å². The summed E-state index contributed by atoms with van der Waals surface area (Å²) in [6.45, 7) is 1.27. The Morgan fingerprint density at radius 1 is 1.10 bits per heavy atom. The van der Waals surface area contributed by atoms with E-state index in [1.807, 2.05) is 47.8 Å². The van der Waals surface area contributed by atoms with Gasteiger partial charge >= 0.3 is 0 Å². The molecule has 4 rings (SSSR count). The summed E-state index contributed by atoms with van der Waals surface area (Å²) in [5.41, 5.74) is 0.822. The molecule has 0 radical (unpaired) electrons. The van der Waals surface area contributed by atoms with Gasteiger partial charge in [-0.3, -0.25) is 4.79 Å². The molecule has 0 atom stereocenters. The second-order valence-corrected chi connectivity index (χ2v) is 9.79. The maximum Gasteiger partial charge on any atom is 0.236 e. The minimum Gasteiger partial charge on any atom is -0.340 e. The lowest BCUT2D eigenvalue weighted by Crippen LogP contribution is -2.50. The predicted octanol–water partition coefficient (Wildman–Crippen LogP) is 2.88. The van der Waals surface area contributed by atoms with E-state index in [1.54, 1.807) is 11.0 Å². The average Bonchev–Trinajstić information content (AvgIpc) is 3.49. The normalized spacial score (nSPS) is 15.5. The van der Waals surface area contributed by atoms with Crippen molar-refractivity contribution >= 4 is 33.3 Å².